The van der Waals surface area contributed by atoms with Gasteiger partial charge in [0.2, 0.25) is 10.7 Å². The number of carbonyl (C=O) groups excluding carboxylic acids is 1. The van der Waals surface area contributed by atoms with Crippen molar-refractivity contribution < 1.29 is 9.63 Å². The van der Waals surface area contributed by atoms with E-state index in [4.69, 9.17) is 4.84 Å². The number of aryl methyl sites for hydroxylation is 1. The fourth-order valence-corrected chi connectivity index (χ4v) is 3.13. The zero-order valence-electron chi connectivity index (χ0n) is 13.1. The molecule has 23 heavy (non-hydrogen) atoms. The van der Waals surface area contributed by atoms with Crippen molar-refractivity contribution >= 4 is 28.1 Å². The Hall–Kier alpha value is -2.28. The van der Waals surface area contributed by atoms with Gasteiger partial charge in [-0.3, -0.25) is 10.1 Å². The first kappa shape index (κ1) is 15.6. The number of aromatic nitrogens is 2. The molecule has 1 unspecified atom stereocenters. The maximum absolute atomic E-state index is 12.5. The third-order valence-electron chi connectivity index (χ3n) is 3.60. The third kappa shape index (κ3) is 3.39. The number of anilines is 1. The quantitative estimate of drug-likeness (QED) is 0.914. The largest absolute Gasteiger partial charge is 0.379 e. The number of nitrogens with one attached hydrogen (secondary N) is 1. The molecule has 0 aliphatic carbocycles. The minimum Gasteiger partial charge on any atom is -0.379 e. The lowest BCUT2D eigenvalue weighted by atomic mass is 9.95. The highest BCUT2D eigenvalue weighted by Crippen LogP contribution is 2.28. The van der Waals surface area contributed by atoms with Crippen molar-refractivity contribution in [3.05, 3.63) is 40.9 Å². The number of rotatable bonds is 5. The summed E-state index contributed by atoms with van der Waals surface area (Å²) in [5.74, 6) is -0.258. The summed E-state index contributed by atoms with van der Waals surface area (Å²) in [6, 6.07) is 9.71. The van der Waals surface area contributed by atoms with E-state index in [9.17, 15) is 4.79 Å². The van der Waals surface area contributed by atoms with Crippen LogP contribution in [0.2, 0.25) is 0 Å². The monoisotopic (exact) mass is 330 g/mol. The van der Waals surface area contributed by atoms with Crippen molar-refractivity contribution in [1.29, 1.82) is 0 Å². The molecule has 6 nitrogen and oxygen atoms in total. The van der Waals surface area contributed by atoms with E-state index in [0.29, 0.717) is 11.6 Å². The predicted octanol–water partition coefficient (Wildman–Crippen LogP) is 3.01. The molecule has 3 rings (SSSR count). The van der Waals surface area contributed by atoms with Crippen LogP contribution in [0.4, 0.5) is 5.13 Å². The van der Waals surface area contributed by atoms with Crippen LogP contribution >= 0.6 is 11.3 Å². The molecule has 0 radical (unpaired) electrons. The summed E-state index contributed by atoms with van der Waals surface area (Å²) in [6.07, 6.45) is 2.28. The van der Waals surface area contributed by atoms with E-state index in [2.05, 4.69) is 27.6 Å². The van der Waals surface area contributed by atoms with Gasteiger partial charge in [-0.15, -0.1) is 10.2 Å². The molecule has 0 fully saturated rings. The zero-order valence-corrected chi connectivity index (χ0v) is 13.9. The highest BCUT2D eigenvalue weighted by atomic mass is 32.1. The van der Waals surface area contributed by atoms with Crippen molar-refractivity contribution in [3.8, 4) is 0 Å². The Morgan fingerprint density at radius 3 is 2.87 bits per heavy atom. The molecular formula is C16H18N4O2S. The SMILES string of the molecule is CCCc1nnc(NC(=O)C2(C)CC(c3ccccc3)=NO2)s1. The molecular weight excluding hydrogens is 312 g/mol. The fourth-order valence-electron chi connectivity index (χ4n) is 2.30. The number of carbonyl (C=O) groups is 1. The van der Waals surface area contributed by atoms with Crippen LogP contribution in [0.1, 0.15) is 37.3 Å². The van der Waals surface area contributed by atoms with Gasteiger partial charge in [0.25, 0.3) is 5.91 Å². The van der Waals surface area contributed by atoms with Crippen molar-refractivity contribution in [2.45, 2.75) is 38.7 Å². The molecule has 1 aliphatic rings. The number of hydrogen-bond acceptors (Lipinski definition) is 6. The number of benzene rings is 1. The first-order chi connectivity index (χ1) is 11.1. The molecule has 1 amide bonds. The van der Waals surface area contributed by atoms with Crippen LogP contribution in [0.15, 0.2) is 35.5 Å². The van der Waals surface area contributed by atoms with Crippen LogP contribution in [0.5, 0.6) is 0 Å². The molecule has 2 heterocycles. The summed E-state index contributed by atoms with van der Waals surface area (Å²) in [5.41, 5.74) is 0.708. The molecule has 1 aromatic carbocycles. The Kier molecular flexibility index (Phi) is 4.38. The summed E-state index contributed by atoms with van der Waals surface area (Å²) < 4.78 is 0. The molecule has 0 saturated heterocycles. The van der Waals surface area contributed by atoms with Crippen molar-refractivity contribution in [1.82, 2.24) is 10.2 Å². The highest BCUT2D eigenvalue weighted by molar-refractivity contribution is 7.15. The number of amides is 1. The van der Waals surface area contributed by atoms with E-state index < -0.39 is 5.60 Å². The molecule has 2 aromatic rings. The second-order valence-electron chi connectivity index (χ2n) is 5.61. The summed E-state index contributed by atoms with van der Waals surface area (Å²) in [5, 5.41) is 16.3. The lowest BCUT2D eigenvalue weighted by Gasteiger charge is -2.19. The van der Waals surface area contributed by atoms with Crippen molar-refractivity contribution in [3.63, 3.8) is 0 Å². The average Bonchev–Trinajstić information content (AvgIpc) is 3.16. The van der Waals surface area contributed by atoms with Crippen LogP contribution in [-0.4, -0.2) is 27.4 Å². The molecule has 1 aliphatic heterocycles. The van der Waals surface area contributed by atoms with E-state index >= 15 is 0 Å². The molecule has 0 bridgehead atoms. The van der Waals surface area contributed by atoms with Gasteiger partial charge in [0, 0.05) is 12.8 Å². The second kappa shape index (κ2) is 6.45. The van der Waals surface area contributed by atoms with Gasteiger partial charge in [0.05, 0.1) is 5.71 Å². The highest BCUT2D eigenvalue weighted by Gasteiger charge is 2.42. The molecule has 1 atom stereocenters. The van der Waals surface area contributed by atoms with Gasteiger partial charge in [-0.05, 0) is 18.9 Å². The van der Waals surface area contributed by atoms with Crippen LogP contribution in [-0.2, 0) is 16.1 Å². The maximum atomic E-state index is 12.5. The first-order valence-electron chi connectivity index (χ1n) is 7.55. The van der Waals surface area contributed by atoms with Crippen molar-refractivity contribution in [2.24, 2.45) is 5.16 Å². The van der Waals surface area contributed by atoms with Gasteiger partial charge in [0.1, 0.15) is 5.01 Å². The first-order valence-corrected chi connectivity index (χ1v) is 8.36. The molecule has 120 valence electrons. The number of oxime groups is 1. The minimum absolute atomic E-state index is 0.258. The van der Waals surface area contributed by atoms with E-state index in [1.165, 1.54) is 11.3 Å². The average molecular weight is 330 g/mol. The summed E-state index contributed by atoms with van der Waals surface area (Å²) in [4.78, 5) is 17.9. The van der Waals surface area contributed by atoms with Gasteiger partial charge in [-0.2, -0.15) is 0 Å². The topological polar surface area (TPSA) is 76.5 Å². The van der Waals surface area contributed by atoms with E-state index in [1.54, 1.807) is 6.92 Å². The molecule has 0 spiro atoms. The maximum Gasteiger partial charge on any atom is 0.273 e. The van der Waals surface area contributed by atoms with Gasteiger partial charge < -0.3 is 4.84 Å². The molecule has 0 saturated carbocycles. The van der Waals surface area contributed by atoms with Crippen LogP contribution in [0, 0.1) is 0 Å². The summed E-state index contributed by atoms with van der Waals surface area (Å²) in [6.45, 7) is 3.81. The normalized spacial score (nSPS) is 20.0. The van der Waals surface area contributed by atoms with Crippen LogP contribution in [0.25, 0.3) is 0 Å². The molecule has 7 heteroatoms. The van der Waals surface area contributed by atoms with Gasteiger partial charge >= 0.3 is 0 Å². The standard InChI is InChI=1S/C16H18N4O2S/c1-3-7-13-18-19-15(23-13)17-14(21)16(2)10-12(20-22-16)11-8-5-4-6-9-11/h4-6,8-9H,3,7,10H2,1-2H3,(H,17,19,21). The number of nitrogens with zero attached hydrogens (tertiary/aromatic N) is 3. The predicted molar refractivity (Wildman–Crippen MR) is 89.6 cm³/mol. The van der Waals surface area contributed by atoms with E-state index in [-0.39, 0.29) is 5.91 Å². The lowest BCUT2D eigenvalue weighted by molar-refractivity contribution is -0.135. The molecule has 1 aromatic heterocycles. The smallest absolute Gasteiger partial charge is 0.273 e. The van der Waals surface area contributed by atoms with Crippen LogP contribution < -0.4 is 5.32 Å². The van der Waals surface area contributed by atoms with Gasteiger partial charge in [0.15, 0.2) is 0 Å². The third-order valence-corrected chi connectivity index (χ3v) is 4.50. The van der Waals surface area contributed by atoms with Crippen LogP contribution in [0.3, 0.4) is 0 Å². The summed E-state index contributed by atoms with van der Waals surface area (Å²) >= 11 is 1.39. The fraction of sp³-hybridized carbons (Fsp3) is 0.375. The Labute approximate surface area is 138 Å². The zero-order chi connectivity index (χ0) is 16.3. The van der Waals surface area contributed by atoms with Crippen molar-refractivity contribution in [2.75, 3.05) is 5.32 Å². The Bertz CT molecular complexity index is 729. The minimum atomic E-state index is -1.03. The Balaban J connectivity index is 1.66. The Morgan fingerprint density at radius 2 is 2.13 bits per heavy atom. The van der Waals surface area contributed by atoms with E-state index in [1.807, 2.05) is 30.3 Å². The Morgan fingerprint density at radius 1 is 1.35 bits per heavy atom. The van der Waals surface area contributed by atoms with E-state index in [0.717, 1.165) is 29.1 Å². The lowest BCUT2D eigenvalue weighted by Crippen LogP contribution is -2.40. The van der Waals surface area contributed by atoms with Gasteiger partial charge in [-0.25, -0.2) is 0 Å². The number of hydrogen-bond donors (Lipinski definition) is 1. The van der Waals surface area contributed by atoms with Gasteiger partial charge in [-0.1, -0.05) is 53.7 Å². The second-order valence-corrected chi connectivity index (χ2v) is 6.67. The molecule has 1 N–H and O–H groups in total. The summed E-state index contributed by atoms with van der Waals surface area (Å²) in [7, 11) is 0.